The summed E-state index contributed by atoms with van der Waals surface area (Å²) in [5.74, 6) is 1.00. The second-order valence-corrected chi connectivity index (χ2v) is 2.57. The topological polar surface area (TPSA) is 0 Å². The molecule has 1 aliphatic rings. The van der Waals surface area contributed by atoms with Crippen LogP contribution in [0.5, 0.6) is 0 Å². The molecule has 0 heterocycles. The van der Waals surface area contributed by atoms with Crippen molar-refractivity contribution in [2.45, 2.75) is 32.1 Å². The third kappa shape index (κ3) is 2.34. The zero-order valence-corrected chi connectivity index (χ0v) is 5.40. The molecule has 46 valence electrons. The maximum absolute atomic E-state index is 3.78. The molecule has 1 saturated carbocycles. The molecule has 1 rings (SSSR count). The van der Waals surface area contributed by atoms with Crippen LogP contribution in [0.3, 0.4) is 0 Å². The molecule has 0 spiro atoms. The Balaban J connectivity index is 1.74. The zero-order valence-electron chi connectivity index (χ0n) is 5.40. The quantitative estimate of drug-likeness (QED) is 0.488. The molecule has 0 amide bonds. The second kappa shape index (κ2) is 3.11. The summed E-state index contributed by atoms with van der Waals surface area (Å²) in [6.45, 7) is 3.78. The summed E-state index contributed by atoms with van der Waals surface area (Å²) in [4.78, 5) is 0. The van der Waals surface area contributed by atoms with Gasteiger partial charge in [-0.2, -0.15) is 0 Å². The summed E-state index contributed by atoms with van der Waals surface area (Å²) in [6.07, 6.45) is 9.05. The number of hydrogen-bond donors (Lipinski definition) is 0. The summed E-state index contributed by atoms with van der Waals surface area (Å²) >= 11 is 0. The van der Waals surface area contributed by atoms with Gasteiger partial charge in [0.2, 0.25) is 0 Å². The fourth-order valence-corrected chi connectivity index (χ4v) is 0.830. The Kier molecular flexibility index (Phi) is 2.38. The Morgan fingerprint density at radius 3 is 2.75 bits per heavy atom. The molecule has 1 fully saturated rings. The van der Waals surface area contributed by atoms with Crippen molar-refractivity contribution in [1.29, 1.82) is 0 Å². The highest BCUT2D eigenvalue weighted by Gasteiger charge is 2.19. The molecule has 2 radical (unpaired) electrons. The number of rotatable bonds is 4. The van der Waals surface area contributed by atoms with E-state index in [0.717, 1.165) is 12.3 Å². The Bertz CT molecular complexity index is 53.1. The van der Waals surface area contributed by atoms with Crippen LogP contribution in [0, 0.1) is 19.3 Å². The molecule has 0 nitrogen and oxygen atoms in total. The minimum absolute atomic E-state index is 1.00. The Morgan fingerprint density at radius 1 is 1.50 bits per heavy atom. The maximum Gasteiger partial charge on any atom is -0.0355 e. The van der Waals surface area contributed by atoms with Gasteiger partial charge in [-0.15, -0.1) is 0 Å². The lowest BCUT2D eigenvalue weighted by atomic mass is 10.1. The Labute approximate surface area is 52.3 Å². The van der Waals surface area contributed by atoms with E-state index in [4.69, 9.17) is 0 Å². The van der Waals surface area contributed by atoms with Gasteiger partial charge in [0.05, 0.1) is 0 Å². The van der Waals surface area contributed by atoms with Gasteiger partial charge in [0.1, 0.15) is 0 Å². The van der Waals surface area contributed by atoms with Crippen molar-refractivity contribution in [1.82, 2.24) is 0 Å². The van der Waals surface area contributed by atoms with Crippen LogP contribution < -0.4 is 0 Å². The standard InChI is InChI=1S/C8H14/c1-2-3-4-5-8-6-7-8/h5,8H,1-4,6-7H2. The zero-order chi connectivity index (χ0) is 5.82. The first-order valence-electron chi connectivity index (χ1n) is 3.56. The van der Waals surface area contributed by atoms with Crippen LogP contribution in [0.1, 0.15) is 32.1 Å². The van der Waals surface area contributed by atoms with Gasteiger partial charge in [-0.1, -0.05) is 19.8 Å². The van der Waals surface area contributed by atoms with Gasteiger partial charge in [-0.3, -0.25) is 0 Å². The SMILES string of the molecule is [CH2]CCC[CH]C1CC1. The summed E-state index contributed by atoms with van der Waals surface area (Å²) in [6, 6.07) is 0. The van der Waals surface area contributed by atoms with E-state index in [9.17, 15) is 0 Å². The van der Waals surface area contributed by atoms with Gasteiger partial charge < -0.3 is 0 Å². The predicted molar refractivity (Wildman–Crippen MR) is 36.2 cm³/mol. The Morgan fingerprint density at radius 2 is 2.25 bits per heavy atom. The smallest absolute Gasteiger partial charge is 0.0355 e. The van der Waals surface area contributed by atoms with Crippen molar-refractivity contribution in [3.8, 4) is 0 Å². The average Bonchev–Trinajstić information content (AvgIpc) is 2.51. The van der Waals surface area contributed by atoms with Crippen molar-refractivity contribution in [2.75, 3.05) is 0 Å². The van der Waals surface area contributed by atoms with Gasteiger partial charge >= 0.3 is 0 Å². The van der Waals surface area contributed by atoms with E-state index in [0.29, 0.717) is 0 Å². The molecule has 0 aliphatic heterocycles. The summed E-state index contributed by atoms with van der Waals surface area (Å²) in [5.41, 5.74) is 0. The van der Waals surface area contributed by atoms with Crippen LogP contribution in [0.2, 0.25) is 0 Å². The predicted octanol–water partition coefficient (Wildman–Crippen LogP) is 2.61. The van der Waals surface area contributed by atoms with Crippen molar-refractivity contribution >= 4 is 0 Å². The highest BCUT2D eigenvalue weighted by Crippen LogP contribution is 2.33. The molecule has 0 saturated heterocycles. The fraction of sp³-hybridized carbons (Fsp3) is 0.750. The van der Waals surface area contributed by atoms with E-state index >= 15 is 0 Å². The molecule has 1 aliphatic carbocycles. The maximum atomic E-state index is 3.78. The molecule has 0 heteroatoms. The lowest BCUT2D eigenvalue weighted by Gasteiger charge is -1.92. The lowest BCUT2D eigenvalue weighted by Crippen LogP contribution is -1.77. The minimum atomic E-state index is 1.00. The summed E-state index contributed by atoms with van der Waals surface area (Å²) in [7, 11) is 0. The van der Waals surface area contributed by atoms with Crippen LogP contribution in [-0.4, -0.2) is 0 Å². The van der Waals surface area contributed by atoms with E-state index in [1.54, 1.807) is 0 Å². The van der Waals surface area contributed by atoms with Crippen LogP contribution in [0.15, 0.2) is 0 Å². The van der Waals surface area contributed by atoms with E-state index in [2.05, 4.69) is 13.3 Å². The molecular weight excluding hydrogens is 96.1 g/mol. The number of hydrogen-bond acceptors (Lipinski definition) is 0. The molecular formula is C8H14. The van der Waals surface area contributed by atoms with E-state index in [-0.39, 0.29) is 0 Å². The summed E-state index contributed by atoms with van der Waals surface area (Å²) < 4.78 is 0. The summed E-state index contributed by atoms with van der Waals surface area (Å²) in [5, 5.41) is 0. The average molecular weight is 110 g/mol. The molecule has 0 unspecified atom stereocenters. The first-order chi connectivity index (χ1) is 3.93. The van der Waals surface area contributed by atoms with Gasteiger partial charge in [0.15, 0.2) is 0 Å². The normalized spacial score (nSPS) is 19.1. The molecule has 0 bridgehead atoms. The van der Waals surface area contributed by atoms with Gasteiger partial charge in [-0.25, -0.2) is 0 Å². The van der Waals surface area contributed by atoms with Crippen molar-refractivity contribution < 1.29 is 0 Å². The Hall–Kier alpha value is 0. The largest absolute Gasteiger partial charge is 0.0533 e. The van der Waals surface area contributed by atoms with Gasteiger partial charge in [-0.05, 0) is 31.6 Å². The molecule has 0 atom stereocenters. The van der Waals surface area contributed by atoms with Crippen LogP contribution in [0.4, 0.5) is 0 Å². The van der Waals surface area contributed by atoms with Crippen molar-refractivity contribution in [2.24, 2.45) is 5.92 Å². The van der Waals surface area contributed by atoms with Crippen molar-refractivity contribution in [3.63, 3.8) is 0 Å². The van der Waals surface area contributed by atoms with Crippen molar-refractivity contribution in [3.05, 3.63) is 13.3 Å². The fourth-order valence-electron chi connectivity index (χ4n) is 0.830. The highest BCUT2D eigenvalue weighted by molar-refractivity contribution is 4.86. The number of unbranched alkanes of at least 4 members (excludes halogenated alkanes) is 2. The molecule has 0 aromatic rings. The monoisotopic (exact) mass is 110 g/mol. The molecule has 0 N–H and O–H groups in total. The van der Waals surface area contributed by atoms with Crippen LogP contribution >= 0.6 is 0 Å². The first-order valence-corrected chi connectivity index (χ1v) is 3.56. The van der Waals surface area contributed by atoms with E-state index < -0.39 is 0 Å². The minimum Gasteiger partial charge on any atom is -0.0533 e. The second-order valence-electron chi connectivity index (χ2n) is 2.57. The van der Waals surface area contributed by atoms with Crippen LogP contribution in [0.25, 0.3) is 0 Å². The van der Waals surface area contributed by atoms with Crippen LogP contribution in [-0.2, 0) is 0 Å². The lowest BCUT2D eigenvalue weighted by molar-refractivity contribution is 0.770. The molecule has 0 aromatic carbocycles. The van der Waals surface area contributed by atoms with E-state index in [1.165, 1.54) is 25.7 Å². The van der Waals surface area contributed by atoms with Gasteiger partial charge in [0, 0.05) is 0 Å². The highest BCUT2D eigenvalue weighted by atomic mass is 14.2. The van der Waals surface area contributed by atoms with E-state index in [1.807, 2.05) is 0 Å². The third-order valence-electron chi connectivity index (χ3n) is 1.58. The first kappa shape index (κ1) is 6.12. The molecule has 0 aromatic heterocycles. The molecule has 8 heavy (non-hydrogen) atoms. The third-order valence-corrected chi connectivity index (χ3v) is 1.58. The van der Waals surface area contributed by atoms with Gasteiger partial charge in [0.25, 0.3) is 0 Å².